The van der Waals surface area contributed by atoms with Crippen LogP contribution in [0.25, 0.3) is 0 Å². The Bertz CT molecular complexity index is 570. The van der Waals surface area contributed by atoms with Gasteiger partial charge < -0.3 is 15.0 Å². The van der Waals surface area contributed by atoms with E-state index >= 15 is 0 Å². The number of hydrogen-bond donors (Lipinski definition) is 1. The number of sulfone groups is 1. The van der Waals surface area contributed by atoms with Crippen LogP contribution in [0.4, 0.5) is 0 Å². The van der Waals surface area contributed by atoms with E-state index in [1.807, 2.05) is 6.92 Å². The van der Waals surface area contributed by atoms with Crippen LogP contribution in [0, 0.1) is 11.8 Å². The molecule has 0 aromatic heterocycles. The van der Waals surface area contributed by atoms with Crippen LogP contribution in [-0.2, 0) is 24.2 Å². The molecule has 1 aliphatic heterocycles. The molecule has 1 saturated carbocycles. The monoisotopic (exact) mass is 374 g/mol. The van der Waals surface area contributed by atoms with Gasteiger partial charge in [0, 0.05) is 38.1 Å². The molecule has 7 nitrogen and oxygen atoms in total. The number of methoxy groups -OCH3 is 1. The summed E-state index contributed by atoms with van der Waals surface area (Å²) in [5.74, 6) is 0.230. The molecule has 1 saturated heterocycles. The lowest BCUT2D eigenvalue weighted by molar-refractivity contribution is -0.140. The Labute approximate surface area is 150 Å². The Balaban J connectivity index is 1.84. The summed E-state index contributed by atoms with van der Waals surface area (Å²) in [5, 5.41) is 2.86. The Hall–Kier alpha value is -1.15. The number of hydrogen-bond acceptors (Lipinski definition) is 5. The Morgan fingerprint density at radius 2 is 1.76 bits per heavy atom. The third kappa shape index (κ3) is 5.41. The van der Waals surface area contributed by atoms with Crippen molar-refractivity contribution in [3.63, 3.8) is 0 Å². The molecule has 25 heavy (non-hydrogen) atoms. The standard InChI is InChI=1S/C17H30N2O5S/c1-3-19(15-8-11-25(22,23)12-15)17(21)14-6-4-13(5-7-14)16(20)18-9-10-24-2/h13-15H,3-12H2,1-2H3,(H,18,20). The number of amides is 2. The Kier molecular flexibility index (Phi) is 7.25. The summed E-state index contributed by atoms with van der Waals surface area (Å²) in [5.41, 5.74) is 0. The Morgan fingerprint density at radius 3 is 2.28 bits per heavy atom. The van der Waals surface area contributed by atoms with Gasteiger partial charge in [0.1, 0.15) is 0 Å². The number of carbonyl (C=O) groups is 2. The van der Waals surface area contributed by atoms with Crippen LogP contribution >= 0.6 is 0 Å². The smallest absolute Gasteiger partial charge is 0.225 e. The minimum absolute atomic E-state index is 0.0390. The number of carbonyl (C=O) groups excluding carboxylic acids is 2. The van der Waals surface area contributed by atoms with Crippen LogP contribution in [0.2, 0.25) is 0 Å². The van der Waals surface area contributed by atoms with Gasteiger partial charge in [-0.15, -0.1) is 0 Å². The zero-order chi connectivity index (χ0) is 18.4. The molecule has 2 fully saturated rings. The van der Waals surface area contributed by atoms with Crippen molar-refractivity contribution in [2.75, 3.05) is 38.3 Å². The van der Waals surface area contributed by atoms with E-state index in [2.05, 4.69) is 5.32 Å². The lowest BCUT2D eigenvalue weighted by atomic mass is 9.80. The SMILES string of the molecule is CCN(C(=O)C1CCC(C(=O)NCCOC)CC1)C1CCS(=O)(=O)C1. The summed E-state index contributed by atoms with van der Waals surface area (Å²) in [6.45, 7) is 3.44. The number of rotatable bonds is 7. The molecule has 0 radical (unpaired) electrons. The summed E-state index contributed by atoms with van der Waals surface area (Å²) >= 11 is 0. The molecule has 0 aromatic rings. The van der Waals surface area contributed by atoms with Gasteiger partial charge in [-0.25, -0.2) is 8.42 Å². The van der Waals surface area contributed by atoms with Crippen molar-refractivity contribution in [1.82, 2.24) is 10.2 Å². The molecule has 1 N–H and O–H groups in total. The molecule has 0 aromatic carbocycles. The van der Waals surface area contributed by atoms with E-state index in [0.717, 1.165) is 0 Å². The van der Waals surface area contributed by atoms with E-state index in [1.165, 1.54) is 0 Å². The van der Waals surface area contributed by atoms with Gasteiger partial charge in [0.25, 0.3) is 0 Å². The van der Waals surface area contributed by atoms with E-state index in [0.29, 0.717) is 51.8 Å². The van der Waals surface area contributed by atoms with Gasteiger partial charge in [0.05, 0.1) is 18.1 Å². The highest BCUT2D eigenvalue weighted by Crippen LogP contribution is 2.31. The summed E-state index contributed by atoms with van der Waals surface area (Å²) in [4.78, 5) is 26.7. The number of nitrogens with zero attached hydrogens (tertiary/aromatic N) is 1. The van der Waals surface area contributed by atoms with E-state index in [-0.39, 0.29) is 41.2 Å². The Morgan fingerprint density at radius 1 is 1.12 bits per heavy atom. The molecule has 8 heteroatoms. The topological polar surface area (TPSA) is 92.8 Å². The highest BCUT2D eigenvalue weighted by Gasteiger charge is 2.38. The molecule has 2 amide bonds. The molecule has 1 unspecified atom stereocenters. The summed E-state index contributed by atoms with van der Waals surface area (Å²) < 4.78 is 28.3. The molecule has 144 valence electrons. The first-order valence-electron chi connectivity index (χ1n) is 9.15. The van der Waals surface area contributed by atoms with Gasteiger partial charge >= 0.3 is 0 Å². The fourth-order valence-electron chi connectivity index (χ4n) is 3.87. The van der Waals surface area contributed by atoms with E-state index < -0.39 is 9.84 Å². The van der Waals surface area contributed by atoms with Crippen molar-refractivity contribution in [3.8, 4) is 0 Å². The highest BCUT2D eigenvalue weighted by atomic mass is 32.2. The van der Waals surface area contributed by atoms with Crippen LogP contribution in [0.15, 0.2) is 0 Å². The quantitative estimate of drug-likeness (QED) is 0.659. The second-order valence-corrected chi connectivity index (χ2v) is 9.24. The first-order valence-corrected chi connectivity index (χ1v) is 11.0. The van der Waals surface area contributed by atoms with Crippen LogP contribution in [0.5, 0.6) is 0 Å². The molecular weight excluding hydrogens is 344 g/mol. The summed E-state index contributed by atoms with van der Waals surface area (Å²) in [6.07, 6.45) is 3.33. The lowest BCUT2D eigenvalue weighted by Gasteiger charge is -2.34. The van der Waals surface area contributed by atoms with Gasteiger partial charge in [-0.2, -0.15) is 0 Å². The first kappa shape index (κ1) is 20.2. The van der Waals surface area contributed by atoms with E-state index in [4.69, 9.17) is 4.74 Å². The predicted octanol–water partition coefficient (Wildman–Crippen LogP) is 0.591. The largest absolute Gasteiger partial charge is 0.383 e. The molecule has 0 spiro atoms. The minimum atomic E-state index is -3.00. The second-order valence-electron chi connectivity index (χ2n) is 7.01. The third-order valence-electron chi connectivity index (χ3n) is 5.33. The van der Waals surface area contributed by atoms with Gasteiger partial charge in [-0.1, -0.05) is 0 Å². The zero-order valence-electron chi connectivity index (χ0n) is 15.2. The molecule has 1 heterocycles. The average molecular weight is 375 g/mol. The fraction of sp³-hybridized carbons (Fsp3) is 0.882. The summed E-state index contributed by atoms with van der Waals surface area (Å²) in [6, 6.07) is -0.183. The van der Waals surface area contributed by atoms with Gasteiger partial charge in [0.2, 0.25) is 11.8 Å². The molecule has 2 rings (SSSR count). The van der Waals surface area contributed by atoms with Crippen LogP contribution < -0.4 is 5.32 Å². The maximum Gasteiger partial charge on any atom is 0.225 e. The third-order valence-corrected chi connectivity index (χ3v) is 7.08. The van der Waals surface area contributed by atoms with Crippen molar-refractivity contribution >= 4 is 21.7 Å². The zero-order valence-corrected chi connectivity index (χ0v) is 16.0. The number of nitrogens with one attached hydrogen (secondary N) is 1. The van der Waals surface area contributed by atoms with Crippen LogP contribution in [0.1, 0.15) is 39.0 Å². The van der Waals surface area contributed by atoms with Gasteiger partial charge in [-0.05, 0) is 39.0 Å². The second kappa shape index (κ2) is 8.98. The minimum Gasteiger partial charge on any atom is -0.383 e. The maximum atomic E-state index is 12.8. The van der Waals surface area contributed by atoms with Crippen LogP contribution in [-0.4, -0.2) is 69.5 Å². The molecule has 1 aliphatic carbocycles. The molecular formula is C17H30N2O5S. The van der Waals surface area contributed by atoms with Crippen molar-refractivity contribution < 1.29 is 22.7 Å². The van der Waals surface area contributed by atoms with Crippen molar-refractivity contribution in [2.45, 2.75) is 45.1 Å². The molecule has 1 atom stereocenters. The maximum absolute atomic E-state index is 12.8. The molecule has 0 bridgehead atoms. The fourth-order valence-corrected chi connectivity index (χ4v) is 5.60. The van der Waals surface area contributed by atoms with Crippen LogP contribution in [0.3, 0.4) is 0 Å². The molecule has 2 aliphatic rings. The normalized spacial score (nSPS) is 28.5. The first-order chi connectivity index (χ1) is 11.9. The summed E-state index contributed by atoms with van der Waals surface area (Å²) in [7, 11) is -1.41. The van der Waals surface area contributed by atoms with E-state index in [1.54, 1.807) is 12.0 Å². The van der Waals surface area contributed by atoms with E-state index in [9.17, 15) is 18.0 Å². The van der Waals surface area contributed by atoms with Crippen molar-refractivity contribution in [2.24, 2.45) is 11.8 Å². The van der Waals surface area contributed by atoms with Crippen molar-refractivity contribution in [1.29, 1.82) is 0 Å². The lowest BCUT2D eigenvalue weighted by Crippen LogP contribution is -2.45. The number of ether oxygens (including phenoxy) is 1. The average Bonchev–Trinajstić information content (AvgIpc) is 2.95. The van der Waals surface area contributed by atoms with Gasteiger partial charge in [0.15, 0.2) is 9.84 Å². The highest BCUT2D eigenvalue weighted by molar-refractivity contribution is 7.91. The van der Waals surface area contributed by atoms with Gasteiger partial charge in [-0.3, -0.25) is 9.59 Å². The predicted molar refractivity (Wildman–Crippen MR) is 94.8 cm³/mol. The van der Waals surface area contributed by atoms with Crippen molar-refractivity contribution in [3.05, 3.63) is 0 Å².